The number of aliphatic hydroxyl groups is 2. The number of amides is 1. The minimum absolute atomic E-state index is 0.0126. The van der Waals surface area contributed by atoms with Crippen LogP contribution in [0.5, 0.6) is 0 Å². The Bertz CT molecular complexity index is 1280. The van der Waals surface area contributed by atoms with E-state index in [0.29, 0.717) is 19.4 Å². The molecule has 0 saturated heterocycles. The normalized spacial score (nSPS) is 12.6. The van der Waals surface area contributed by atoms with Crippen LogP contribution in [0.4, 0.5) is 0 Å². The summed E-state index contributed by atoms with van der Waals surface area (Å²) in [6, 6.07) is -0.625. The Kier molecular flexibility index (Phi) is 70.4. The van der Waals surface area contributed by atoms with Gasteiger partial charge in [-0.25, -0.2) is 0 Å². The number of ether oxygens (including phenoxy) is 1. The van der Waals surface area contributed by atoms with Crippen molar-refractivity contribution in [2.24, 2.45) is 0 Å². The highest BCUT2D eigenvalue weighted by atomic mass is 16.5. The second kappa shape index (κ2) is 71.8. The molecule has 0 fully saturated rings. The van der Waals surface area contributed by atoms with Crippen LogP contribution in [0.2, 0.25) is 0 Å². The maximum Gasteiger partial charge on any atom is 0.305 e. The number of nitrogens with one attached hydrogen (secondary N) is 1. The second-order valence-corrected chi connectivity index (χ2v) is 26.0. The lowest BCUT2D eigenvalue weighted by molar-refractivity contribution is -0.143. The molecular formula is C76H147NO5. The third-order valence-electron chi connectivity index (χ3n) is 17.7. The van der Waals surface area contributed by atoms with Crippen molar-refractivity contribution >= 4 is 11.9 Å². The van der Waals surface area contributed by atoms with Crippen molar-refractivity contribution < 1.29 is 24.5 Å². The SMILES string of the molecule is CCCCCCC/C=C\CCCCCCCC(=O)OCCCCCCCCCCCCCCCCCCCCCCCCCCCCCCCCCC(=O)NC(CO)C(O)/C=C/CCCCCCCCCCCCCCCCCCCC. The van der Waals surface area contributed by atoms with E-state index in [0.717, 1.165) is 44.9 Å². The minimum Gasteiger partial charge on any atom is -0.466 e. The van der Waals surface area contributed by atoms with Gasteiger partial charge >= 0.3 is 5.97 Å². The molecule has 0 aliphatic heterocycles. The van der Waals surface area contributed by atoms with E-state index in [4.69, 9.17) is 4.74 Å². The Morgan fingerprint density at radius 2 is 0.573 bits per heavy atom. The third-order valence-corrected chi connectivity index (χ3v) is 17.7. The molecule has 0 spiro atoms. The summed E-state index contributed by atoms with van der Waals surface area (Å²) < 4.78 is 5.49. The van der Waals surface area contributed by atoms with E-state index in [-0.39, 0.29) is 18.5 Å². The molecule has 0 aromatic carbocycles. The standard InChI is InChI=1S/C76H147NO5/c1-3-5-7-9-11-13-15-17-19-20-21-35-38-41-44-48-52-56-60-64-68-74(79)73(72-78)77-75(80)69-65-61-57-53-49-45-42-39-36-33-31-29-27-25-23-22-24-26-28-30-32-34-37-40-43-47-51-55-59-63-67-71-82-76(81)70-66-62-58-54-50-46-18-16-14-12-10-8-6-4-2/h16,18,64,68,73-74,78-79H,3-15,17,19-63,65-67,69-72H2,1-2H3,(H,77,80)/b18-16-,68-64+. The molecule has 82 heavy (non-hydrogen) atoms. The van der Waals surface area contributed by atoms with Crippen molar-refractivity contribution in [1.29, 1.82) is 0 Å². The summed E-state index contributed by atoms with van der Waals surface area (Å²) in [6.45, 7) is 4.94. The molecule has 0 saturated carbocycles. The summed E-state index contributed by atoms with van der Waals surface area (Å²) in [7, 11) is 0. The lowest BCUT2D eigenvalue weighted by Gasteiger charge is -2.20. The quantitative estimate of drug-likeness (QED) is 0.0320. The molecule has 0 aromatic heterocycles. The first kappa shape index (κ1) is 80.3. The summed E-state index contributed by atoms with van der Waals surface area (Å²) in [5, 5.41) is 23.3. The predicted molar refractivity (Wildman–Crippen MR) is 361 cm³/mol. The average Bonchev–Trinajstić information content (AvgIpc) is 3.48. The number of carbonyl (C=O) groups excluding carboxylic acids is 2. The van der Waals surface area contributed by atoms with E-state index in [2.05, 4.69) is 31.3 Å². The van der Waals surface area contributed by atoms with E-state index < -0.39 is 12.1 Å². The average molecular weight is 1160 g/mol. The molecule has 0 radical (unpaired) electrons. The monoisotopic (exact) mass is 1150 g/mol. The van der Waals surface area contributed by atoms with Crippen LogP contribution in [-0.4, -0.2) is 47.4 Å². The number of hydrogen-bond acceptors (Lipinski definition) is 5. The summed E-state index contributed by atoms with van der Waals surface area (Å²) in [6.07, 6.45) is 91.4. The fourth-order valence-electron chi connectivity index (χ4n) is 12.0. The van der Waals surface area contributed by atoms with Crippen LogP contribution in [0.15, 0.2) is 24.3 Å². The fourth-order valence-corrected chi connectivity index (χ4v) is 12.0. The molecule has 0 aromatic rings. The highest BCUT2D eigenvalue weighted by Gasteiger charge is 2.18. The van der Waals surface area contributed by atoms with Crippen LogP contribution >= 0.6 is 0 Å². The van der Waals surface area contributed by atoms with Gasteiger partial charge in [-0.05, 0) is 57.8 Å². The highest BCUT2D eigenvalue weighted by Crippen LogP contribution is 2.19. The summed E-state index contributed by atoms with van der Waals surface area (Å²) in [4.78, 5) is 24.6. The third kappa shape index (κ3) is 67.5. The van der Waals surface area contributed by atoms with Gasteiger partial charge < -0.3 is 20.3 Å². The molecular weight excluding hydrogens is 1010 g/mol. The van der Waals surface area contributed by atoms with Crippen molar-refractivity contribution in [1.82, 2.24) is 5.32 Å². The molecule has 3 N–H and O–H groups in total. The first-order valence-electron chi connectivity index (χ1n) is 37.6. The summed E-state index contributed by atoms with van der Waals surface area (Å²) >= 11 is 0. The van der Waals surface area contributed by atoms with Crippen molar-refractivity contribution in [3.05, 3.63) is 24.3 Å². The Morgan fingerprint density at radius 3 is 0.866 bits per heavy atom. The van der Waals surface area contributed by atoms with Gasteiger partial charge in [0.05, 0.1) is 25.4 Å². The van der Waals surface area contributed by atoms with Crippen LogP contribution in [0.25, 0.3) is 0 Å². The number of hydrogen-bond donors (Lipinski definition) is 3. The molecule has 0 aliphatic carbocycles. The lowest BCUT2D eigenvalue weighted by atomic mass is 10.0. The molecule has 6 nitrogen and oxygen atoms in total. The predicted octanol–water partition coefficient (Wildman–Crippen LogP) is 24.5. The van der Waals surface area contributed by atoms with Crippen molar-refractivity contribution in [3.8, 4) is 0 Å². The highest BCUT2D eigenvalue weighted by molar-refractivity contribution is 5.76. The zero-order valence-corrected chi connectivity index (χ0v) is 55.8. The maximum absolute atomic E-state index is 12.5. The lowest BCUT2D eigenvalue weighted by Crippen LogP contribution is -2.45. The number of rotatable bonds is 71. The molecule has 2 atom stereocenters. The van der Waals surface area contributed by atoms with E-state index in [1.165, 1.54) is 353 Å². The fraction of sp³-hybridized carbons (Fsp3) is 0.921. The largest absolute Gasteiger partial charge is 0.466 e. The van der Waals surface area contributed by atoms with Crippen molar-refractivity contribution in [2.75, 3.05) is 13.2 Å². The van der Waals surface area contributed by atoms with E-state index in [1.807, 2.05) is 6.08 Å². The molecule has 6 heteroatoms. The number of allylic oxidation sites excluding steroid dienone is 3. The van der Waals surface area contributed by atoms with Gasteiger partial charge in [-0.1, -0.05) is 378 Å². The minimum atomic E-state index is -0.842. The molecule has 1 amide bonds. The van der Waals surface area contributed by atoms with Crippen LogP contribution in [0.3, 0.4) is 0 Å². The Labute approximate surface area is 513 Å². The van der Waals surface area contributed by atoms with Crippen LogP contribution in [0.1, 0.15) is 425 Å². The number of carbonyl (C=O) groups is 2. The number of unbranched alkanes of at least 4 members (excludes halogenated alkanes) is 58. The van der Waals surface area contributed by atoms with Gasteiger partial charge in [-0.3, -0.25) is 9.59 Å². The Balaban J connectivity index is 3.35. The van der Waals surface area contributed by atoms with Crippen molar-refractivity contribution in [2.45, 2.75) is 437 Å². The molecule has 0 rings (SSSR count). The molecule has 0 heterocycles. The van der Waals surface area contributed by atoms with E-state index in [1.54, 1.807) is 6.08 Å². The zero-order valence-electron chi connectivity index (χ0n) is 55.8. The van der Waals surface area contributed by atoms with Gasteiger partial charge in [-0.15, -0.1) is 0 Å². The Hall–Kier alpha value is -1.66. The van der Waals surface area contributed by atoms with E-state index >= 15 is 0 Å². The van der Waals surface area contributed by atoms with Crippen molar-refractivity contribution in [3.63, 3.8) is 0 Å². The second-order valence-electron chi connectivity index (χ2n) is 26.0. The van der Waals surface area contributed by atoms with Gasteiger partial charge in [0.25, 0.3) is 0 Å². The zero-order chi connectivity index (χ0) is 59.2. The molecule has 0 aliphatic rings. The first-order chi connectivity index (χ1) is 40.5. The first-order valence-corrected chi connectivity index (χ1v) is 37.6. The van der Waals surface area contributed by atoms with Crippen LogP contribution in [-0.2, 0) is 14.3 Å². The van der Waals surface area contributed by atoms with Gasteiger partial charge in [-0.2, -0.15) is 0 Å². The van der Waals surface area contributed by atoms with Gasteiger partial charge in [0.15, 0.2) is 0 Å². The van der Waals surface area contributed by atoms with Crippen LogP contribution in [0, 0.1) is 0 Å². The van der Waals surface area contributed by atoms with Crippen LogP contribution < -0.4 is 5.32 Å². The number of esters is 1. The maximum atomic E-state index is 12.5. The molecule has 0 bridgehead atoms. The van der Waals surface area contributed by atoms with Gasteiger partial charge in [0.1, 0.15) is 0 Å². The molecule has 486 valence electrons. The Morgan fingerprint density at radius 1 is 0.329 bits per heavy atom. The van der Waals surface area contributed by atoms with Gasteiger partial charge in [0.2, 0.25) is 5.91 Å². The number of aliphatic hydroxyl groups excluding tert-OH is 2. The molecule has 2 unspecified atom stereocenters. The van der Waals surface area contributed by atoms with E-state index in [9.17, 15) is 19.8 Å². The topological polar surface area (TPSA) is 95.9 Å². The van der Waals surface area contributed by atoms with Gasteiger partial charge in [0, 0.05) is 12.8 Å². The smallest absolute Gasteiger partial charge is 0.305 e. The summed E-state index contributed by atoms with van der Waals surface area (Å²) in [5.74, 6) is -0.0468. The summed E-state index contributed by atoms with van der Waals surface area (Å²) in [5.41, 5.74) is 0.